The largest absolute Gasteiger partial charge is 0.493 e. The minimum absolute atomic E-state index is 0.0957. The van der Waals surface area contributed by atoms with Crippen LogP contribution in [0.1, 0.15) is 91.9 Å². The maximum atomic E-state index is 10.7. The van der Waals surface area contributed by atoms with Gasteiger partial charge in [-0.2, -0.15) is 0 Å². The monoisotopic (exact) mass is 699 g/mol. The van der Waals surface area contributed by atoms with Crippen molar-refractivity contribution in [2.45, 2.75) is 104 Å². The third-order valence-corrected chi connectivity index (χ3v) is 8.37. The molecule has 5 unspecified atom stereocenters. The summed E-state index contributed by atoms with van der Waals surface area (Å²) in [4.78, 5) is 26.9. The Labute approximate surface area is 302 Å². The number of hydrogen-bond donors (Lipinski definition) is 5. The Kier molecular flexibility index (Phi) is 33.6. The fourth-order valence-electron chi connectivity index (χ4n) is 5.99. The zero-order valence-corrected chi connectivity index (χ0v) is 31.5. The minimum atomic E-state index is -0.250. The van der Waals surface area contributed by atoms with Crippen LogP contribution in [-0.4, -0.2) is 67.5 Å². The molecule has 0 aromatic heterocycles. The van der Waals surface area contributed by atoms with Crippen LogP contribution in [0.2, 0.25) is 0 Å². The number of carbonyl (C=O) groups is 2. The molecular formula is C39H66N6O5. The van der Waals surface area contributed by atoms with Crippen LogP contribution in [0.25, 0.3) is 0 Å². The highest BCUT2D eigenvalue weighted by atomic mass is 16.5. The summed E-state index contributed by atoms with van der Waals surface area (Å²) in [6, 6.07) is -0.0992. The molecule has 11 heteroatoms. The number of ketones is 1. The quantitative estimate of drug-likeness (QED) is 0.0722. The van der Waals surface area contributed by atoms with Gasteiger partial charge < -0.3 is 32.2 Å². The van der Waals surface area contributed by atoms with E-state index in [1.807, 2.05) is 31.2 Å². The Bertz CT molecular complexity index is 1170. The molecule has 0 aromatic carbocycles. The second-order valence-electron chi connectivity index (χ2n) is 11.8. The first-order chi connectivity index (χ1) is 24.0. The normalized spacial score (nSPS) is 23.3. The molecule has 282 valence electrons. The number of rotatable bonds is 10. The van der Waals surface area contributed by atoms with Gasteiger partial charge in [0, 0.05) is 31.5 Å². The molecule has 1 saturated heterocycles. The number of Topliss-reactive ketones (excluding diaryl/α,β-unsaturated/α-hetero) is 1. The summed E-state index contributed by atoms with van der Waals surface area (Å²) in [5, 5.41) is 23.1. The summed E-state index contributed by atoms with van der Waals surface area (Å²) in [5.41, 5.74) is 19.7. The van der Waals surface area contributed by atoms with E-state index in [0.29, 0.717) is 29.7 Å². The molecule has 0 spiro atoms. The highest BCUT2D eigenvalue weighted by Gasteiger charge is 2.44. The SMILES string of the molecule is C#N.C=C/C=C(\C=C/C)CC(C)=O.C=C1OC2C(/C(C)=C/C=C(\CO)C(N)=NC=NC)CC(CC)C2CCCCCCCC1N.CN.O=CO. The lowest BCUT2D eigenvalue weighted by atomic mass is 9.86. The molecule has 8 N–H and O–H groups in total. The van der Waals surface area contributed by atoms with E-state index >= 15 is 0 Å². The molecule has 1 aliphatic carbocycles. The van der Waals surface area contributed by atoms with Crippen molar-refractivity contribution < 1.29 is 24.5 Å². The van der Waals surface area contributed by atoms with Gasteiger partial charge in [0.1, 0.15) is 29.8 Å². The minimum Gasteiger partial charge on any atom is -0.493 e. The van der Waals surface area contributed by atoms with Gasteiger partial charge in [-0.05, 0) is 64.5 Å². The maximum Gasteiger partial charge on any atom is 0.290 e. The number of carboxylic acid groups (broad SMARTS) is 1. The molecule has 0 bridgehead atoms. The third-order valence-electron chi connectivity index (χ3n) is 8.37. The predicted octanol–water partition coefficient (Wildman–Crippen LogP) is 6.57. The molecular weight excluding hydrogens is 632 g/mol. The maximum absolute atomic E-state index is 10.7. The van der Waals surface area contributed by atoms with E-state index in [4.69, 9.17) is 31.4 Å². The van der Waals surface area contributed by atoms with Crippen molar-refractivity contribution in [3.63, 3.8) is 0 Å². The van der Waals surface area contributed by atoms with Gasteiger partial charge in [0.05, 0.1) is 12.6 Å². The Balaban J connectivity index is -0.00000102. The first kappa shape index (κ1) is 50.3. The van der Waals surface area contributed by atoms with E-state index in [0.717, 1.165) is 37.0 Å². The number of nitriles is 1. The zero-order chi connectivity index (χ0) is 38.9. The second kappa shape index (κ2) is 33.4. The van der Waals surface area contributed by atoms with E-state index in [2.05, 4.69) is 55.4 Å². The van der Waals surface area contributed by atoms with Gasteiger partial charge in [-0.25, -0.2) is 10.3 Å². The van der Waals surface area contributed by atoms with Crippen LogP contribution in [0, 0.1) is 29.6 Å². The molecule has 0 radical (unpaired) electrons. The lowest BCUT2D eigenvalue weighted by Gasteiger charge is -2.31. The van der Waals surface area contributed by atoms with Crippen LogP contribution >= 0.6 is 0 Å². The first-order valence-electron chi connectivity index (χ1n) is 17.2. The third kappa shape index (κ3) is 21.8. The van der Waals surface area contributed by atoms with Crippen molar-refractivity contribution in [2.24, 2.45) is 44.9 Å². The topological polar surface area (TPSA) is 210 Å². The summed E-state index contributed by atoms with van der Waals surface area (Å²) < 4.78 is 6.56. The van der Waals surface area contributed by atoms with Gasteiger partial charge in [-0.3, -0.25) is 14.6 Å². The average molecular weight is 699 g/mol. The van der Waals surface area contributed by atoms with Crippen LogP contribution in [0.4, 0.5) is 0 Å². The summed E-state index contributed by atoms with van der Waals surface area (Å²) >= 11 is 0. The number of aliphatic hydroxyl groups excluding tert-OH is 1. The van der Waals surface area contributed by atoms with Crippen LogP contribution in [0.5, 0.6) is 0 Å². The lowest BCUT2D eigenvalue weighted by molar-refractivity contribution is -0.123. The molecule has 50 heavy (non-hydrogen) atoms. The van der Waals surface area contributed by atoms with Gasteiger partial charge in [-0.1, -0.05) is 101 Å². The fourth-order valence-corrected chi connectivity index (χ4v) is 5.99. The number of ether oxygens (including phenoxy) is 1. The number of fused-ring (bicyclic) bond motifs is 1. The zero-order valence-electron chi connectivity index (χ0n) is 31.5. The first-order valence-corrected chi connectivity index (χ1v) is 17.2. The van der Waals surface area contributed by atoms with Crippen molar-refractivity contribution in [1.29, 1.82) is 5.26 Å². The molecule has 1 heterocycles. The molecule has 1 saturated carbocycles. The number of carbonyl (C=O) groups excluding carboxylic acids is 1. The number of amidine groups is 1. The summed E-state index contributed by atoms with van der Waals surface area (Å²) in [6.45, 7) is 18.8. The van der Waals surface area contributed by atoms with Gasteiger partial charge in [0.25, 0.3) is 6.47 Å². The van der Waals surface area contributed by atoms with Gasteiger partial charge >= 0.3 is 0 Å². The van der Waals surface area contributed by atoms with E-state index in [1.54, 1.807) is 20.0 Å². The molecule has 0 amide bonds. The van der Waals surface area contributed by atoms with Gasteiger partial charge in [-0.15, -0.1) is 0 Å². The lowest BCUT2D eigenvalue weighted by Crippen LogP contribution is -2.32. The number of allylic oxidation sites excluding steroid dienone is 7. The number of nitrogens with two attached hydrogens (primary N) is 3. The number of aliphatic imine (C=N–C) groups is 2. The van der Waals surface area contributed by atoms with E-state index in [1.165, 1.54) is 51.1 Å². The fraction of sp³-hybridized carbons (Fsp3) is 0.564. The van der Waals surface area contributed by atoms with Crippen molar-refractivity contribution in [3.8, 4) is 6.57 Å². The van der Waals surface area contributed by atoms with Gasteiger partial charge in [0.15, 0.2) is 0 Å². The summed E-state index contributed by atoms with van der Waals surface area (Å²) in [7, 11) is 3.13. The Morgan fingerprint density at radius 2 is 1.68 bits per heavy atom. The molecule has 5 atom stereocenters. The molecule has 2 rings (SSSR count). The van der Waals surface area contributed by atoms with E-state index in [9.17, 15) is 9.90 Å². The van der Waals surface area contributed by atoms with Gasteiger partial charge in [0.2, 0.25) is 0 Å². The number of hydrogen-bond acceptors (Lipinski definition) is 8. The molecule has 11 nitrogen and oxygen atoms in total. The highest BCUT2D eigenvalue weighted by Crippen LogP contribution is 2.47. The number of aliphatic hydroxyl groups is 1. The number of nitrogens with zero attached hydrogens (tertiary/aromatic N) is 3. The van der Waals surface area contributed by atoms with Crippen molar-refractivity contribution in [1.82, 2.24) is 0 Å². The predicted molar refractivity (Wildman–Crippen MR) is 209 cm³/mol. The summed E-state index contributed by atoms with van der Waals surface area (Å²) in [6.07, 6.45) is 23.9. The highest BCUT2D eigenvalue weighted by molar-refractivity contribution is 6.01. The van der Waals surface area contributed by atoms with Crippen LogP contribution < -0.4 is 17.2 Å². The Morgan fingerprint density at radius 1 is 1.10 bits per heavy atom. The van der Waals surface area contributed by atoms with E-state index < -0.39 is 0 Å². The molecule has 2 aliphatic rings. The van der Waals surface area contributed by atoms with Crippen molar-refractivity contribution in [2.75, 3.05) is 20.7 Å². The van der Waals surface area contributed by atoms with Crippen LogP contribution in [-0.2, 0) is 14.3 Å². The standard InChI is InChI=1S/C26H44N4O2.C10H14O.CH5N.CHN.CH2O2/c1-5-20-15-23(18(2)13-14-21(16-31)26(28)30-17-29-4)25-22(20)11-9-7-6-8-10-12-24(27)19(3)32-25;1-4-6-10(7-5-2)8-9(3)11;2*1-2;2-1-3/h13-14,17,20,22-25,31H,3,5-12,15-16,27H2,1-2,4H3,(H2,28,29,30);4-7H,1,8H2,2-3H3;2H2,1H3;1H;1H,(H,2,3)/b18-13+,21-14+;7-5-,10-6+;;;. The van der Waals surface area contributed by atoms with Crippen molar-refractivity contribution in [3.05, 3.63) is 72.1 Å². The smallest absolute Gasteiger partial charge is 0.290 e. The Morgan fingerprint density at radius 3 is 2.18 bits per heavy atom. The molecule has 2 fully saturated rings. The summed E-state index contributed by atoms with van der Waals surface area (Å²) in [5.74, 6) is 2.63. The van der Waals surface area contributed by atoms with Crippen molar-refractivity contribution >= 4 is 24.4 Å². The van der Waals surface area contributed by atoms with E-state index in [-0.39, 0.29) is 36.8 Å². The van der Waals surface area contributed by atoms with Crippen LogP contribution in [0.15, 0.2) is 82.1 Å². The molecule has 1 aliphatic heterocycles. The van der Waals surface area contributed by atoms with Crippen LogP contribution in [0.3, 0.4) is 0 Å². The second-order valence-corrected chi connectivity index (χ2v) is 11.8. The average Bonchev–Trinajstić information content (AvgIpc) is 3.45. The Hall–Kier alpha value is -4.11. The molecule has 0 aromatic rings.